The molecule has 9 nitrogen and oxygen atoms in total. The van der Waals surface area contributed by atoms with Crippen molar-refractivity contribution in [3.63, 3.8) is 0 Å². The third-order valence-electron chi connectivity index (χ3n) is 5.55. The third-order valence-corrected chi connectivity index (χ3v) is 5.80. The SMILES string of the molecule is CC(=O)Nc1ccc(-n2c(-c3ccc(Cl)cc3)cn3c4c(=O)n(C)c(=O)n(C)c4nc23)cc1. The first-order chi connectivity index (χ1) is 15.8. The van der Waals surface area contributed by atoms with Gasteiger partial charge in [0.15, 0.2) is 11.2 Å². The van der Waals surface area contributed by atoms with Crippen LogP contribution in [0.4, 0.5) is 5.69 Å². The van der Waals surface area contributed by atoms with Crippen LogP contribution in [-0.4, -0.2) is 29.0 Å². The number of amides is 1. The van der Waals surface area contributed by atoms with Crippen LogP contribution < -0.4 is 16.6 Å². The van der Waals surface area contributed by atoms with Crippen molar-refractivity contribution >= 4 is 40.1 Å². The van der Waals surface area contributed by atoms with E-state index < -0.39 is 11.2 Å². The molecule has 166 valence electrons. The van der Waals surface area contributed by atoms with E-state index in [1.165, 1.54) is 18.5 Å². The first-order valence-corrected chi connectivity index (χ1v) is 10.5. The van der Waals surface area contributed by atoms with E-state index in [1.807, 2.05) is 35.0 Å². The minimum Gasteiger partial charge on any atom is -0.326 e. The Morgan fingerprint density at radius 3 is 2.27 bits per heavy atom. The van der Waals surface area contributed by atoms with Gasteiger partial charge in [-0.05, 0) is 36.4 Å². The number of hydrogen-bond acceptors (Lipinski definition) is 4. The summed E-state index contributed by atoms with van der Waals surface area (Å²) >= 11 is 6.09. The molecular weight excluding hydrogens is 444 g/mol. The van der Waals surface area contributed by atoms with Gasteiger partial charge < -0.3 is 5.32 Å². The number of nitrogens with zero attached hydrogens (tertiary/aromatic N) is 5. The predicted molar refractivity (Wildman–Crippen MR) is 127 cm³/mol. The van der Waals surface area contributed by atoms with Gasteiger partial charge in [-0.3, -0.25) is 27.7 Å². The number of aryl methyl sites for hydroxylation is 1. The Morgan fingerprint density at radius 2 is 1.64 bits per heavy atom. The minimum atomic E-state index is -0.447. The Balaban J connectivity index is 1.85. The van der Waals surface area contributed by atoms with Crippen LogP contribution in [-0.2, 0) is 18.9 Å². The van der Waals surface area contributed by atoms with Crippen molar-refractivity contribution in [2.24, 2.45) is 14.1 Å². The molecule has 0 spiro atoms. The maximum absolute atomic E-state index is 13.0. The summed E-state index contributed by atoms with van der Waals surface area (Å²) < 4.78 is 6.02. The number of fused-ring (bicyclic) bond motifs is 3. The summed E-state index contributed by atoms with van der Waals surface area (Å²) in [6, 6.07) is 14.6. The zero-order chi connectivity index (χ0) is 23.4. The van der Waals surface area contributed by atoms with E-state index in [0.717, 1.165) is 21.5 Å². The minimum absolute atomic E-state index is 0.163. The van der Waals surface area contributed by atoms with Crippen LogP contribution in [0, 0.1) is 0 Å². The maximum Gasteiger partial charge on any atom is 0.332 e. The second-order valence-electron chi connectivity index (χ2n) is 7.74. The van der Waals surface area contributed by atoms with Crippen LogP contribution in [0.1, 0.15) is 6.92 Å². The van der Waals surface area contributed by atoms with E-state index in [0.29, 0.717) is 27.7 Å². The molecule has 0 radical (unpaired) electrons. The molecule has 0 unspecified atom stereocenters. The zero-order valence-corrected chi connectivity index (χ0v) is 18.8. The molecule has 0 aliphatic rings. The second kappa shape index (κ2) is 7.49. The molecule has 0 aliphatic carbocycles. The maximum atomic E-state index is 13.0. The lowest BCUT2D eigenvalue weighted by Gasteiger charge is -2.10. The lowest BCUT2D eigenvalue weighted by Crippen LogP contribution is -2.37. The van der Waals surface area contributed by atoms with Gasteiger partial charge in [0.2, 0.25) is 11.7 Å². The van der Waals surface area contributed by atoms with E-state index in [4.69, 9.17) is 11.6 Å². The molecule has 3 heterocycles. The fraction of sp³-hybridized carbons (Fsp3) is 0.130. The number of imidazole rings is 2. The molecule has 10 heteroatoms. The van der Waals surface area contributed by atoms with E-state index in [-0.39, 0.29) is 5.91 Å². The number of rotatable bonds is 3. The molecule has 0 saturated carbocycles. The number of carbonyl (C=O) groups excluding carboxylic acids is 1. The first kappa shape index (κ1) is 20.8. The smallest absolute Gasteiger partial charge is 0.326 e. The Labute approximate surface area is 192 Å². The quantitative estimate of drug-likeness (QED) is 0.446. The number of nitrogens with one attached hydrogen (secondary N) is 1. The number of carbonyl (C=O) groups is 1. The van der Waals surface area contributed by atoms with Crippen molar-refractivity contribution in [1.29, 1.82) is 0 Å². The molecule has 5 aromatic rings. The van der Waals surface area contributed by atoms with Gasteiger partial charge in [0.05, 0.1) is 5.69 Å². The van der Waals surface area contributed by atoms with Crippen molar-refractivity contribution in [1.82, 2.24) is 23.1 Å². The van der Waals surface area contributed by atoms with Crippen LogP contribution in [0.5, 0.6) is 0 Å². The van der Waals surface area contributed by atoms with E-state index in [9.17, 15) is 14.4 Å². The average molecular weight is 463 g/mol. The Kier molecular flexibility index (Phi) is 4.71. The van der Waals surface area contributed by atoms with Gasteiger partial charge in [0.1, 0.15) is 0 Å². The average Bonchev–Trinajstić information content (AvgIpc) is 3.33. The summed E-state index contributed by atoms with van der Waals surface area (Å²) in [5, 5.41) is 3.36. The highest BCUT2D eigenvalue weighted by molar-refractivity contribution is 6.30. The van der Waals surface area contributed by atoms with Crippen LogP contribution in [0.25, 0.3) is 33.9 Å². The standard InChI is InChI=1S/C23H19ClN6O3/c1-13(31)25-16-8-10-17(11-9-16)30-18(14-4-6-15(24)7-5-14)12-29-19-20(26-22(29)30)27(2)23(33)28(3)21(19)32/h4-12H,1-3H3,(H,25,31). The number of halogens is 1. The number of benzene rings is 2. The van der Waals surface area contributed by atoms with Crippen LogP contribution in [0.3, 0.4) is 0 Å². The highest BCUT2D eigenvalue weighted by atomic mass is 35.5. The van der Waals surface area contributed by atoms with Crippen LogP contribution in [0.15, 0.2) is 64.3 Å². The Morgan fingerprint density at radius 1 is 0.970 bits per heavy atom. The van der Waals surface area contributed by atoms with Gasteiger partial charge in [-0.25, -0.2) is 4.79 Å². The van der Waals surface area contributed by atoms with Crippen LogP contribution in [0.2, 0.25) is 5.02 Å². The largest absolute Gasteiger partial charge is 0.332 e. The first-order valence-electron chi connectivity index (χ1n) is 10.1. The molecule has 0 fully saturated rings. The van der Waals surface area contributed by atoms with Gasteiger partial charge in [-0.15, -0.1) is 0 Å². The van der Waals surface area contributed by atoms with Gasteiger partial charge in [0.25, 0.3) is 5.56 Å². The van der Waals surface area contributed by atoms with Crippen molar-refractivity contribution in [3.8, 4) is 16.9 Å². The number of hydrogen-bond donors (Lipinski definition) is 1. The molecule has 5 rings (SSSR count). The molecule has 1 N–H and O–H groups in total. The summed E-state index contributed by atoms with van der Waals surface area (Å²) in [5.74, 6) is 0.310. The van der Waals surface area contributed by atoms with Gasteiger partial charge in [-0.2, -0.15) is 4.98 Å². The molecule has 3 aromatic heterocycles. The lowest BCUT2D eigenvalue weighted by molar-refractivity contribution is -0.114. The van der Waals surface area contributed by atoms with Crippen molar-refractivity contribution in [2.45, 2.75) is 6.92 Å². The highest BCUT2D eigenvalue weighted by Gasteiger charge is 2.21. The summed E-state index contributed by atoms with van der Waals surface area (Å²) in [4.78, 5) is 41.5. The summed E-state index contributed by atoms with van der Waals surface area (Å²) in [7, 11) is 3.03. The number of aromatic nitrogens is 5. The topological polar surface area (TPSA) is 95.3 Å². The van der Waals surface area contributed by atoms with E-state index >= 15 is 0 Å². The van der Waals surface area contributed by atoms with Crippen molar-refractivity contribution < 1.29 is 4.79 Å². The molecule has 1 amide bonds. The highest BCUT2D eigenvalue weighted by Crippen LogP contribution is 2.30. The fourth-order valence-corrected chi connectivity index (χ4v) is 4.07. The van der Waals surface area contributed by atoms with Crippen LogP contribution >= 0.6 is 11.6 Å². The van der Waals surface area contributed by atoms with Gasteiger partial charge >= 0.3 is 5.69 Å². The lowest BCUT2D eigenvalue weighted by atomic mass is 10.1. The Bertz CT molecular complexity index is 1670. The molecule has 2 aromatic carbocycles. The van der Waals surface area contributed by atoms with Gasteiger partial charge in [0, 0.05) is 49.2 Å². The van der Waals surface area contributed by atoms with Crippen molar-refractivity contribution in [2.75, 3.05) is 5.32 Å². The summed E-state index contributed by atoms with van der Waals surface area (Å²) in [5.41, 5.74) is 2.79. The predicted octanol–water partition coefficient (Wildman–Crippen LogP) is 2.95. The zero-order valence-electron chi connectivity index (χ0n) is 18.0. The molecule has 0 saturated heterocycles. The van der Waals surface area contributed by atoms with E-state index in [2.05, 4.69) is 10.3 Å². The molecule has 0 atom stereocenters. The van der Waals surface area contributed by atoms with Gasteiger partial charge in [-0.1, -0.05) is 23.7 Å². The number of anilines is 1. The monoisotopic (exact) mass is 462 g/mol. The summed E-state index contributed by atoms with van der Waals surface area (Å²) in [6.07, 6.45) is 1.82. The molecule has 0 aliphatic heterocycles. The Hall–Kier alpha value is -4.11. The second-order valence-corrected chi connectivity index (χ2v) is 8.18. The fourth-order valence-electron chi connectivity index (χ4n) is 3.95. The van der Waals surface area contributed by atoms with E-state index in [1.54, 1.807) is 35.7 Å². The molecule has 0 bridgehead atoms. The normalized spacial score (nSPS) is 11.4. The third kappa shape index (κ3) is 3.25. The summed E-state index contributed by atoms with van der Waals surface area (Å²) in [6.45, 7) is 1.45. The van der Waals surface area contributed by atoms with Crippen molar-refractivity contribution in [3.05, 3.63) is 80.6 Å². The molecular formula is C23H19ClN6O3. The molecule has 33 heavy (non-hydrogen) atoms.